The third-order valence-corrected chi connectivity index (χ3v) is 8.33. The maximum Gasteiger partial charge on any atom is 0.113 e. The summed E-state index contributed by atoms with van der Waals surface area (Å²) in [6.07, 6.45) is 9.40. The van der Waals surface area contributed by atoms with E-state index in [1.54, 1.807) is 11.9 Å². The molecule has 2 aromatic carbocycles. The summed E-state index contributed by atoms with van der Waals surface area (Å²) >= 11 is 1.77. The topological polar surface area (TPSA) is 24.3 Å². The van der Waals surface area contributed by atoms with Crippen LogP contribution in [0.3, 0.4) is 0 Å². The van der Waals surface area contributed by atoms with Crippen LogP contribution in [0.15, 0.2) is 53.4 Å². The van der Waals surface area contributed by atoms with E-state index < -0.39 is 0 Å². The summed E-state index contributed by atoms with van der Waals surface area (Å²) < 4.78 is 4.86. The van der Waals surface area contributed by atoms with Crippen LogP contribution in [-0.4, -0.2) is 41.6 Å². The van der Waals surface area contributed by atoms with Crippen molar-refractivity contribution >= 4 is 28.7 Å². The first kappa shape index (κ1) is 21.8. The fourth-order valence-electron chi connectivity index (χ4n) is 5.42. The Labute approximate surface area is 197 Å². The number of hydrogen-bond donors (Lipinski definition) is 0. The molecule has 0 amide bonds. The van der Waals surface area contributed by atoms with E-state index in [2.05, 4.69) is 76.4 Å². The van der Waals surface area contributed by atoms with E-state index in [4.69, 9.17) is 4.98 Å². The van der Waals surface area contributed by atoms with Gasteiger partial charge in [-0.15, -0.1) is 0 Å². The lowest BCUT2D eigenvalue weighted by atomic mass is 9.89. The number of piperidine rings is 1. The fourth-order valence-corrected chi connectivity index (χ4v) is 6.24. The van der Waals surface area contributed by atoms with Crippen LogP contribution in [0.2, 0.25) is 0 Å². The Hall–Kier alpha value is -1.98. The Bertz CT molecular complexity index is 1020. The second-order valence-corrected chi connectivity index (χ2v) is 10.9. The SMILES string of the molecule is CN1CCC(c2nc3cc(N(C)Sc4ccccc4)ccc3n2CC2CCCCC2)CC1. The molecular formula is C27H36N4S. The maximum atomic E-state index is 5.29. The predicted octanol–water partition coefficient (Wildman–Crippen LogP) is 6.57. The van der Waals surface area contributed by atoms with Crippen molar-refractivity contribution < 1.29 is 0 Å². The van der Waals surface area contributed by atoms with Gasteiger partial charge in [0.2, 0.25) is 0 Å². The number of benzene rings is 2. The van der Waals surface area contributed by atoms with E-state index in [0.29, 0.717) is 5.92 Å². The molecule has 1 aliphatic heterocycles. The van der Waals surface area contributed by atoms with Gasteiger partial charge in [0.15, 0.2) is 0 Å². The lowest BCUT2D eigenvalue weighted by molar-refractivity contribution is 0.245. The Kier molecular flexibility index (Phi) is 6.74. The molecule has 1 saturated carbocycles. The third kappa shape index (κ3) is 4.84. The molecular weight excluding hydrogens is 412 g/mol. The first-order valence-corrected chi connectivity index (χ1v) is 13.1. The first-order valence-electron chi connectivity index (χ1n) is 12.3. The molecule has 1 saturated heterocycles. The molecule has 0 spiro atoms. The van der Waals surface area contributed by atoms with Crippen LogP contribution in [0.4, 0.5) is 5.69 Å². The molecule has 5 heteroatoms. The molecule has 2 aliphatic rings. The Morgan fingerprint density at radius 3 is 2.47 bits per heavy atom. The van der Waals surface area contributed by atoms with Gasteiger partial charge < -0.3 is 13.8 Å². The summed E-state index contributed by atoms with van der Waals surface area (Å²) in [5.41, 5.74) is 3.70. The highest BCUT2D eigenvalue weighted by molar-refractivity contribution is 8.00. The minimum atomic E-state index is 0.585. The number of rotatable bonds is 6. The van der Waals surface area contributed by atoms with Crippen LogP contribution in [0.25, 0.3) is 11.0 Å². The van der Waals surface area contributed by atoms with Crippen LogP contribution < -0.4 is 4.31 Å². The van der Waals surface area contributed by atoms with E-state index in [-0.39, 0.29) is 0 Å². The monoisotopic (exact) mass is 448 g/mol. The molecule has 0 atom stereocenters. The zero-order chi connectivity index (χ0) is 21.9. The molecule has 0 N–H and O–H groups in total. The summed E-state index contributed by atoms with van der Waals surface area (Å²) in [6, 6.07) is 17.5. The van der Waals surface area contributed by atoms with E-state index >= 15 is 0 Å². The van der Waals surface area contributed by atoms with Gasteiger partial charge >= 0.3 is 0 Å². The summed E-state index contributed by atoms with van der Waals surface area (Å²) in [5.74, 6) is 2.73. The normalized spacial score (nSPS) is 18.9. The summed E-state index contributed by atoms with van der Waals surface area (Å²) in [4.78, 5) is 9.00. The summed E-state index contributed by atoms with van der Waals surface area (Å²) in [7, 11) is 4.39. The van der Waals surface area contributed by atoms with Crippen molar-refractivity contribution in [1.82, 2.24) is 14.5 Å². The van der Waals surface area contributed by atoms with Gasteiger partial charge in [0.1, 0.15) is 5.82 Å². The Balaban J connectivity index is 1.45. The zero-order valence-corrected chi connectivity index (χ0v) is 20.4. The van der Waals surface area contributed by atoms with Gasteiger partial charge in [-0.05, 0) is 94.0 Å². The van der Waals surface area contributed by atoms with Gasteiger partial charge in [0.05, 0.1) is 11.0 Å². The first-order chi connectivity index (χ1) is 15.7. The smallest absolute Gasteiger partial charge is 0.113 e. The highest BCUT2D eigenvalue weighted by Gasteiger charge is 2.26. The molecule has 2 fully saturated rings. The van der Waals surface area contributed by atoms with Gasteiger partial charge in [-0.1, -0.05) is 37.5 Å². The predicted molar refractivity (Wildman–Crippen MR) is 136 cm³/mol. The van der Waals surface area contributed by atoms with Crippen molar-refractivity contribution in [3.63, 3.8) is 0 Å². The Morgan fingerprint density at radius 1 is 0.969 bits per heavy atom. The van der Waals surface area contributed by atoms with Crippen molar-refractivity contribution in [2.75, 3.05) is 31.5 Å². The van der Waals surface area contributed by atoms with Crippen molar-refractivity contribution in [3.05, 3.63) is 54.4 Å². The number of anilines is 1. The number of fused-ring (bicyclic) bond motifs is 1. The van der Waals surface area contributed by atoms with Crippen LogP contribution in [0.5, 0.6) is 0 Å². The molecule has 5 rings (SSSR count). The molecule has 2 heterocycles. The number of likely N-dealkylation sites (tertiary alicyclic amines) is 1. The molecule has 32 heavy (non-hydrogen) atoms. The second-order valence-electron chi connectivity index (χ2n) is 9.74. The highest BCUT2D eigenvalue weighted by Crippen LogP contribution is 2.35. The molecule has 170 valence electrons. The van der Waals surface area contributed by atoms with Crippen LogP contribution in [-0.2, 0) is 6.54 Å². The number of hydrogen-bond acceptors (Lipinski definition) is 4. The quantitative estimate of drug-likeness (QED) is 0.398. The van der Waals surface area contributed by atoms with Gasteiger partial charge in [0.25, 0.3) is 0 Å². The average molecular weight is 449 g/mol. The molecule has 0 radical (unpaired) electrons. The van der Waals surface area contributed by atoms with Gasteiger partial charge in [-0.25, -0.2) is 4.98 Å². The number of aromatic nitrogens is 2. The molecule has 0 bridgehead atoms. The minimum absolute atomic E-state index is 0.585. The molecule has 1 aromatic heterocycles. The molecule has 1 aliphatic carbocycles. The summed E-state index contributed by atoms with van der Waals surface area (Å²) in [5, 5.41) is 0. The maximum absolute atomic E-state index is 5.29. The highest BCUT2D eigenvalue weighted by atomic mass is 32.2. The third-order valence-electron chi connectivity index (χ3n) is 7.36. The van der Waals surface area contributed by atoms with Crippen LogP contribution in [0.1, 0.15) is 56.7 Å². The largest absolute Gasteiger partial charge is 0.327 e. The fraction of sp³-hybridized carbons (Fsp3) is 0.519. The molecule has 0 unspecified atom stereocenters. The van der Waals surface area contributed by atoms with Crippen molar-refractivity contribution in [2.45, 2.75) is 62.3 Å². The second kappa shape index (κ2) is 9.88. The zero-order valence-electron chi connectivity index (χ0n) is 19.5. The van der Waals surface area contributed by atoms with Crippen molar-refractivity contribution in [3.8, 4) is 0 Å². The van der Waals surface area contributed by atoms with Gasteiger partial charge in [0, 0.05) is 30.1 Å². The van der Waals surface area contributed by atoms with Crippen molar-refractivity contribution in [2.24, 2.45) is 5.92 Å². The van der Waals surface area contributed by atoms with Crippen LogP contribution in [0, 0.1) is 5.92 Å². The van der Waals surface area contributed by atoms with Gasteiger partial charge in [-0.3, -0.25) is 0 Å². The molecule has 3 aromatic rings. The Morgan fingerprint density at radius 2 is 1.72 bits per heavy atom. The van der Waals surface area contributed by atoms with E-state index in [9.17, 15) is 0 Å². The lowest BCUT2D eigenvalue weighted by Crippen LogP contribution is -2.30. The van der Waals surface area contributed by atoms with E-state index in [1.165, 1.54) is 80.0 Å². The van der Waals surface area contributed by atoms with Gasteiger partial charge in [-0.2, -0.15) is 0 Å². The number of nitrogens with zero attached hydrogens (tertiary/aromatic N) is 4. The number of imidazole rings is 1. The average Bonchev–Trinajstić information content (AvgIpc) is 3.18. The lowest BCUT2D eigenvalue weighted by Gasteiger charge is -2.30. The summed E-state index contributed by atoms with van der Waals surface area (Å²) in [6.45, 7) is 3.50. The van der Waals surface area contributed by atoms with E-state index in [0.717, 1.165) is 18.0 Å². The van der Waals surface area contributed by atoms with Crippen LogP contribution >= 0.6 is 11.9 Å². The van der Waals surface area contributed by atoms with Crippen molar-refractivity contribution in [1.29, 1.82) is 0 Å². The van der Waals surface area contributed by atoms with E-state index in [1.807, 2.05) is 0 Å². The standard InChI is InChI=1S/C27H36N4S/c1-29-17-15-22(16-18-29)27-28-25-19-23(30(2)32-24-11-7-4-8-12-24)13-14-26(25)31(27)20-21-9-5-3-6-10-21/h4,7-8,11-14,19,21-22H,3,5-6,9-10,15-18,20H2,1-2H3. The molecule has 4 nitrogen and oxygen atoms in total. The minimum Gasteiger partial charge on any atom is -0.327 e.